The second-order valence-corrected chi connectivity index (χ2v) is 7.83. The number of amides is 1. The van der Waals surface area contributed by atoms with Crippen LogP contribution < -0.4 is 0 Å². The van der Waals surface area contributed by atoms with Crippen LogP contribution in [0.3, 0.4) is 0 Å². The molecule has 4 nitrogen and oxygen atoms in total. The fourth-order valence-electron chi connectivity index (χ4n) is 3.58. The molecule has 1 amide bonds. The minimum absolute atomic E-state index is 0.170. The summed E-state index contributed by atoms with van der Waals surface area (Å²) in [6, 6.07) is 7.08. The van der Waals surface area contributed by atoms with Crippen LogP contribution >= 0.6 is 0 Å². The highest BCUT2D eigenvalue weighted by Crippen LogP contribution is 2.34. The van der Waals surface area contributed by atoms with Gasteiger partial charge in [0.1, 0.15) is 0 Å². The lowest BCUT2D eigenvalue weighted by Gasteiger charge is -2.22. The summed E-state index contributed by atoms with van der Waals surface area (Å²) in [4.78, 5) is 25.1. The third-order valence-electron chi connectivity index (χ3n) is 5.57. The van der Waals surface area contributed by atoms with Gasteiger partial charge >= 0.3 is 5.97 Å². The minimum Gasteiger partial charge on any atom is -0.478 e. The molecule has 0 radical (unpaired) electrons. The van der Waals surface area contributed by atoms with Crippen molar-refractivity contribution in [3.8, 4) is 0 Å². The Labute approximate surface area is 161 Å². The summed E-state index contributed by atoms with van der Waals surface area (Å²) in [7, 11) is 0. The summed E-state index contributed by atoms with van der Waals surface area (Å²) in [6.45, 7) is 2.86. The van der Waals surface area contributed by atoms with Crippen molar-refractivity contribution >= 4 is 11.9 Å². The van der Waals surface area contributed by atoms with Crippen LogP contribution in [0.4, 0.5) is 0 Å². The van der Waals surface area contributed by atoms with Crippen LogP contribution in [-0.4, -0.2) is 34.5 Å². The van der Waals surface area contributed by atoms with Gasteiger partial charge in [-0.05, 0) is 56.2 Å². The highest BCUT2D eigenvalue weighted by atomic mass is 16.4. The van der Waals surface area contributed by atoms with Crippen LogP contribution in [-0.2, 0) is 11.2 Å². The molecule has 3 rings (SSSR count). The highest BCUT2D eigenvalue weighted by molar-refractivity contribution is 5.87. The average molecular weight is 367 g/mol. The zero-order valence-electron chi connectivity index (χ0n) is 16.1. The van der Waals surface area contributed by atoms with Crippen LogP contribution in [0.25, 0.3) is 0 Å². The maximum Gasteiger partial charge on any atom is 0.335 e. The molecule has 0 aromatic heterocycles. The number of carboxylic acids is 1. The van der Waals surface area contributed by atoms with Crippen molar-refractivity contribution in [2.24, 2.45) is 5.92 Å². The quantitative estimate of drug-likeness (QED) is 0.648. The van der Waals surface area contributed by atoms with Crippen molar-refractivity contribution in [3.63, 3.8) is 0 Å². The van der Waals surface area contributed by atoms with E-state index in [1.54, 1.807) is 12.1 Å². The SMILES string of the molecule is C/C(=C\C=C\[C@H]1CCC(=O)N1CCc1ccc(C(=O)O)cc1)CCC1CC1. The first kappa shape index (κ1) is 19.4. The van der Waals surface area contributed by atoms with E-state index in [0.29, 0.717) is 18.5 Å². The molecular formula is C23H29NO3. The lowest BCUT2D eigenvalue weighted by atomic mass is 10.1. The summed E-state index contributed by atoms with van der Waals surface area (Å²) in [6.07, 6.45) is 14.0. The van der Waals surface area contributed by atoms with Gasteiger partial charge in [0, 0.05) is 13.0 Å². The number of benzene rings is 1. The monoisotopic (exact) mass is 367 g/mol. The third-order valence-corrected chi connectivity index (χ3v) is 5.57. The summed E-state index contributed by atoms with van der Waals surface area (Å²) in [5.41, 5.74) is 2.76. The van der Waals surface area contributed by atoms with E-state index in [9.17, 15) is 9.59 Å². The summed E-state index contributed by atoms with van der Waals surface area (Å²) >= 11 is 0. The molecule has 0 bridgehead atoms. The predicted molar refractivity (Wildman–Crippen MR) is 107 cm³/mol. The molecule has 0 unspecified atom stereocenters. The Morgan fingerprint density at radius 1 is 1.22 bits per heavy atom. The number of rotatable bonds is 9. The Bertz CT molecular complexity index is 728. The van der Waals surface area contributed by atoms with Crippen molar-refractivity contribution in [2.75, 3.05) is 6.54 Å². The molecule has 1 aliphatic carbocycles. The minimum atomic E-state index is -0.915. The molecule has 1 saturated heterocycles. The van der Waals surface area contributed by atoms with Gasteiger partial charge in [0.15, 0.2) is 0 Å². The van der Waals surface area contributed by atoms with Crippen LogP contribution in [0.5, 0.6) is 0 Å². The maximum atomic E-state index is 12.2. The zero-order valence-corrected chi connectivity index (χ0v) is 16.1. The number of hydrogen-bond acceptors (Lipinski definition) is 2. The number of carbonyl (C=O) groups excluding carboxylic acids is 1. The van der Waals surface area contributed by atoms with Crippen LogP contribution in [0.15, 0.2) is 48.1 Å². The molecule has 0 spiro atoms. The Kier molecular flexibility index (Phi) is 6.49. The molecule has 1 aromatic carbocycles. The van der Waals surface area contributed by atoms with Crippen molar-refractivity contribution in [2.45, 2.75) is 57.9 Å². The van der Waals surface area contributed by atoms with E-state index in [4.69, 9.17) is 5.11 Å². The lowest BCUT2D eigenvalue weighted by Crippen LogP contribution is -2.33. The number of likely N-dealkylation sites (tertiary alicyclic amines) is 1. The van der Waals surface area contributed by atoms with Gasteiger partial charge in [0.2, 0.25) is 5.91 Å². The fourth-order valence-corrected chi connectivity index (χ4v) is 3.58. The van der Waals surface area contributed by atoms with Crippen molar-refractivity contribution < 1.29 is 14.7 Å². The summed E-state index contributed by atoms with van der Waals surface area (Å²) in [5, 5.41) is 8.97. The zero-order chi connectivity index (χ0) is 19.2. The summed E-state index contributed by atoms with van der Waals surface area (Å²) in [5.74, 6) is 0.257. The molecule has 1 aliphatic heterocycles. The molecule has 4 heteroatoms. The number of hydrogen-bond donors (Lipinski definition) is 1. The maximum absolute atomic E-state index is 12.2. The first-order chi connectivity index (χ1) is 13.0. The van der Waals surface area contributed by atoms with E-state index in [1.165, 1.54) is 31.3 Å². The van der Waals surface area contributed by atoms with Crippen LogP contribution in [0, 0.1) is 5.92 Å². The lowest BCUT2D eigenvalue weighted by molar-refractivity contribution is -0.128. The molecule has 1 atom stereocenters. The van der Waals surface area contributed by atoms with Crippen molar-refractivity contribution in [3.05, 3.63) is 59.2 Å². The van der Waals surface area contributed by atoms with Crippen molar-refractivity contribution in [1.82, 2.24) is 4.90 Å². The first-order valence-corrected chi connectivity index (χ1v) is 9.98. The highest BCUT2D eigenvalue weighted by Gasteiger charge is 2.28. The predicted octanol–water partition coefficient (Wildman–Crippen LogP) is 4.61. The largest absolute Gasteiger partial charge is 0.478 e. The van der Waals surface area contributed by atoms with Gasteiger partial charge < -0.3 is 10.0 Å². The second kappa shape index (κ2) is 9.03. The fraction of sp³-hybridized carbons (Fsp3) is 0.478. The molecular weight excluding hydrogens is 338 g/mol. The van der Waals surface area contributed by atoms with Crippen LogP contribution in [0.2, 0.25) is 0 Å². The smallest absolute Gasteiger partial charge is 0.335 e. The second-order valence-electron chi connectivity index (χ2n) is 7.83. The normalized spacial score (nSPS) is 20.6. The molecule has 1 saturated carbocycles. The molecule has 1 N–H and O–H groups in total. The van der Waals surface area contributed by atoms with E-state index in [2.05, 4.69) is 25.2 Å². The van der Waals surface area contributed by atoms with E-state index in [-0.39, 0.29) is 11.9 Å². The number of carboxylic acid groups (broad SMARTS) is 1. The van der Waals surface area contributed by atoms with E-state index in [0.717, 1.165) is 24.3 Å². The molecule has 1 aromatic rings. The standard InChI is InChI=1S/C23H29NO3/c1-17(5-6-18-7-8-18)3-2-4-21-13-14-22(25)24(21)16-15-19-9-11-20(12-10-19)23(26)27/h2-4,9-12,18,21H,5-8,13-16H2,1H3,(H,26,27)/b4-2+,17-3+/t21-/m0/s1. The molecule has 2 aliphatic rings. The Morgan fingerprint density at radius 3 is 2.63 bits per heavy atom. The molecule has 2 fully saturated rings. The molecule has 1 heterocycles. The van der Waals surface area contributed by atoms with Gasteiger partial charge in [0.25, 0.3) is 0 Å². The van der Waals surface area contributed by atoms with Gasteiger partial charge in [0.05, 0.1) is 11.6 Å². The molecule has 27 heavy (non-hydrogen) atoms. The number of aromatic carboxylic acids is 1. The van der Waals surface area contributed by atoms with E-state index < -0.39 is 5.97 Å². The van der Waals surface area contributed by atoms with Crippen LogP contribution in [0.1, 0.15) is 61.4 Å². The first-order valence-electron chi connectivity index (χ1n) is 9.98. The number of carbonyl (C=O) groups is 2. The van der Waals surface area contributed by atoms with Gasteiger partial charge in [-0.1, -0.05) is 48.8 Å². The van der Waals surface area contributed by atoms with E-state index >= 15 is 0 Å². The summed E-state index contributed by atoms with van der Waals surface area (Å²) < 4.78 is 0. The number of allylic oxidation sites excluding steroid dienone is 3. The third kappa shape index (κ3) is 5.81. The number of nitrogens with zero attached hydrogens (tertiary/aromatic N) is 1. The van der Waals surface area contributed by atoms with Crippen molar-refractivity contribution in [1.29, 1.82) is 0 Å². The van der Waals surface area contributed by atoms with Gasteiger partial charge in [-0.3, -0.25) is 4.79 Å². The Hall–Kier alpha value is -2.36. The topological polar surface area (TPSA) is 57.6 Å². The van der Waals surface area contributed by atoms with Gasteiger partial charge in [-0.15, -0.1) is 0 Å². The van der Waals surface area contributed by atoms with Gasteiger partial charge in [-0.2, -0.15) is 0 Å². The average Bonchev–Trinajstić information content (AvgIpc) is 3.42. The molecule has 144 valence electrons. The van der Waals surface area contributed by atoms with E-state index in [1.807, 2.05) is 17.0 Å². The Balaban J connectivity index is 1.51. The Morgan fingerprint density at radius 2 is 1.96 bits per heavy atom. The van der Waals surface area contributed by atoms with Gasteiger partial charge in [-0.25, -0.2) is 4.79 Å².